The molecule has 2 amide bonds. The van der Waals surface area contributed by atoms with Crippen molar-refractivity contribution >= 4 is 11.8 Å². The van der Waals surface area contributed by atoms with Crippen LogP contribution in [0, 0.1) is 5.92 Å². The Morgan fingerprint density at radius 1 is 1.12 bits per heavy atom. The Morgan fingerprint density at radius 2 is 1.72 bits per heavy atom. The number of ether oxygens (including phenoxy) is 1. The largest absolute Gasteiger partial charge is 0.480 e. The molecule has 0 saturated carbocycles. The molecule has 0 unspecified atom stereocenters. The number of fused-ring (bicyclic) bond motifs is 1. The summed E-state index contributed by atoms with van der Waals surface area (Å²) in [6, 6.07) is 6.63. The number of carbonyl (C=O) groups excluding carboxylic acids is 2. The zero-order valence-electron chi connectivity index (χ0n) is 14.3. The number of hydrogen-bond acceptors (Lipinski definition) is 5. The lowest BCUT2D eigenvalue weighted by Crippen LogP contribution is -2.31. The monoisotopic (exact) mass is 341 g/mol. The van der Waals surface area contributed by atoms with E-state index in [1.54, 1.807) is 24.3 Å². The average Bonchev–Trinajstić information content (AvgIpc) is 2.82. The first kappa shape index (κ1) is 16.9. The van der Waals surface area contributed by atoms with Crippen LogP contribution in [-0.2, 0) is 13.0 Å². The van der Waals surface area contributed by atoms with Gasteiger partial charge in [-0.25, -0.2) is 4.98 Å². The van der Waals surface area contributed by atoms with E-state index in [2.05, 4.69) is 9.97 Å². The number of methoxy groups -OCH3 is 1. The number of H-pyrrole nitrogens is 1. The minimum Gasteiger partial charge on any atom is -0.480 e. The Balaban J connectivity index is 1.94. The van der Waals surface area contributed by atoms with Crippen molar-refractivity contribution in [1.82, 2.24) is 14.9 Å². The van der Waals surface area contributed by atoms with Crippen molar-refractivity contribution in [1.29, 1.82) is 0 Å². The number of aromatic nitrogens is 2. The Kier molecular flexibility index (Phi) is 4.39. The molecule has 130 valence electrons. The second kappa shape index (κ2) is 6.51. The van der Waals surface area contributed by atoms with E-state index in [1.165, 1.54) is 7.11 Å². The van der Waals surface area contributed by atoms with E-state index >= 15 is 0 Å². The third-order valence-corrected chi connectivity index (χ3v) is 4.01. The number of rotatable bonds is 5. The minimum atomic E-state index is -0.394. The van der Waals surface area contributed by atoms with Gasteiger partial charge in [0.15, 0.2) is 0 Å². The Morgan fingerprint density at radius 3 is 2.24 bits per heavy atom. The topological polar surface area (TPSA) is 92.4 Å². The van der Waals surface area contributed by atoms with Gasteiger partial charge in [-0.2, -0.15) is 0 Å². The molecule has 2 heterocycles. The van der Waals surface area contributed by atoms with Crippen LogP contribution in [-0.4, -0.2) is 33.8 Å². The second-order valence-electron chi connectivity index (χ2n) is 6.34. The molecule has 2 aromatic rings. The molecule has 3 rings (SSSR count). The molecular weight excluding hydrogens is 322 g/mol. The van der Waals surface area contributed by atoms with E-state index < -0.39 is 11.8 Å². The molecule has 1 aromatic heterocycles. The number of hydrogen-bond donors (Lipinski definition) is 1. The zero-order chi connectivity index (χ0) is 18.1. The van der Waals surface area contributed by atoms with Gasteiger partial charge in [0.1, 0.15) is 11.4 Å². The predicted octanol–water partition coefficient (Wildman–Crippen LogP) is 1.77. The minimum absolute atomic E-state index is 0.0975. The van der Waals surface area contributed by atoms with Crippen LogP contribution < -0.4 is 10.3 Å². The van der Waals surface area contributed by atoms with E-state index in [1.807, 2.05) is 13.8 Å². The maximum absolute atomic E-state index is 12.5. The predicted molar refractivity (Wildman–Crippen MR) is 90.6 cm³/mol. The number of amides is 2. The van der Waals surface area contributed by atoms with Gasteiger partial charge in [-0.15, -0.1) is 0 Å². The molecule has 1 aliphatic rings. The molecule has 1 aromatic carbocycles. The lowest BCUT2D eigenvalue weighted by molar-refractivity contribution is 0.0639. The molecule has 0 radical (unpaired) electrons. The third-order valence-electron chi connectivity index (χ3n) is 4.01. The standard InChI is InChI=1S/C18H19N3O4/c1-10(2)8-13-15(22)19-14(16(20-13)25-3)9-21-17(23)11-6-4-5-7-12(11)18(21)24/h4-7,10H,8-9H2,1-3H3,(H,19,22). The van der Waals surface area contributed by atoms with Crippen molar-refractivity contribution in [2.75, 3.05) is 7.11 Å². The summed E-state index contributed by atoms with van der Waals surface area (Å²) in [7, 11) is 1.44. The summed E-state index contributed by atoms with van der Waals surface area (Å²) in [4.78, 5) is 45.2. The third kappa shape index (κ3) is 3.05. The molecule has 1 N–H and O–H groups in total. The number of nitrogens with zero attached hydrogens (tertiary/aromatic N) is 2. The Labute approximate surface area is 144 Å². The maximum atomic E-state index is 12.5. The zero-order valence-corrected chi connectivity index (χ0v) is 14.3. The van der Waals surface area contributed by atoms with E-state index in [-0.39, 0.29) is 23.9 Å². The lowest BCUT2D eigenvalue weighted by Gasteiger charge is -2.16. The van der Waals surface area contributed by atoms with Gasteiger partial charge in [0, 0.05) is 0 Å². The van der Waals surface area contributed by atoms with Crippen LogP contribution in [0.1, 0.15) is 46.0 Å². The molecule has 1 aliphatic heterocycles. The molecular formula is C18H19N3O4. The normalized spacial score (nSPS) is 13.5. The average molecular weight is 341 g/mol. The summed E-state index contributed by atoms with van der Waals surface area (Å²) in [6.45, 7) is 3.88. The summed E-state index contributed by atoms with van der Waals surface area (Å²) < 4.78 is 5.25. The lowest BCUT2D eigenvalue weighted by atomic mass is 10.1. The summed E-state index contributed by atoms with van der Waals surface area (Å²) in [5.41, 5.74) is 1.06. The van der Waals surface area contributed by atoms with Gasteiger partial charge in [-0.1, -0.05) is 26.0 Å². The van der Waals surface area contributed by atoms with Crippen molar-refractivity contribution in [3.63, 3.8) is 0 Å². The van der Waals surface area contributed by atoms with E-state index in [0.717, 1.165) is 4.90 Å². The van der Waals surface area contributed by atoms with Gasteiger partial charge < -0.3 is 9.72 Å². The van der Waals surface area contributed by atoms with Crippen LogP contribution in [0.2, 0.25) is 0 Å². The molecule has 0 bridgehead atoms. The number of imide groups is 1. The summed E-state index contributed by atoms with van der Waals surface area (Å²) in [5, 5.41) is 0. The quantitative estimate of drug-likeness (QED) is 0.837. The van der Waals surface area contributed by atoms with E-state index in [0.29, 0.717) is 28.9 Å². The van der Waals surface area contributed by atoms with Crippen LogP contribution >= 0.6 is 0 Å². The number of benzene rings is 1. The van der Waals surface area contributed by atoms with Crippen LogP contribution in [0.4, 0.5) is 0 Å². The number of carbonyl (C=O) groups is 2. The van der Waals surface area contributed by atoms with Crippen molar-refractivity contribution in [2.24, 2.45) is 5.92 Å². The molecule has 0 aliphatic carbocycles. The van der Waals surface area contributed by atoms with Crippen molar-refractivity contribution in [3.8, 4) is 5.88 Å². The van der Waals surface area contributed by atoms with E-state index in [4.69, 9.17) is 4.74 Å². The molecule has 0 spiro atoms. The first-order valence-electron chi connectivity index (χ1n) is 8.03. The van der Waals surface area contributed by atoms with Gasteiger partial charge in [0.05, 0.1) is 24.8 Å². The maximum Gasteiger partial charge on any atom is 0.270 e. The highest BCUT2D eigenvalue weighted by Crippen LogP contribution is 2.25. The molecule has 0 saturated heterocycles. The van der Waals surface area contributed by atoms with Gasteiger partial charge >= 0.3 is 0 Å². The fraction of sp³-hybridized carbons (Fsp3) is 0.333. The fourth-order valence-electron chi connectivity index (χ4n) is 2.85. The molecule has 0 atom stereocenters. The van der Waals surface area contributed by atoms with Crippen LogP contribution in [0.15, 0.2) is 29.1 Å². The number of nitrogens with one attached hydrogen (secondary N) is 1. The summed E-state index contributed by atoms with van der Waals surface area (Å²) in [5.74, 6) is -0.309. The molecule has 0 fully saturated rings. The summed E-state index contributed by atoms with van der Waals surface area (Å²) >= 11 is 0. The molecule has 7 heteroatoms. The molecule has 25 heavy (non-hydrogen) atoms. The van der Waals surface area contributed by atoms with Crippen LogP contribution in [0.25, 0.3) is 0 Å². The highest BCUT2D eigenvalue weighted by atomic mass is 16.5. The van der Waals surface area contributed by atoms with Gasteiger partial charge in [-0.3, -0.25) is 19.3 Å². The van der Waals surface area contributed by atoms with Crippen molar-refractivity contribution < 1.29 is 14.3 Å². The van der Waals surface area contributed by atoms with Crippen LogP contribution in [0.3, 0.4) is 0 Å². The molecule has 7 nitrogen and oxygen atoms in total. The van der Waals surface area contributed by atoms with Gasteiger partial charge in [-0.05, 0) is 24.5 Å². The van der Waals surface area contributed by atoms with E-state index in [9.17, 15) is 14.4 Å². The SMILES string of the molecule is COc1nc(CC(C)C)c(=O)[nH]c1CN1C(=O)c2ccccc2C1=O. The first-order chi connectivity index (χ1) is 11.9. The second-order valence-corrected chi connectivity index (χ2v) is 6.34. The van der Waals surface area contributed by atoms with Crippen molar-refractivity contribution in [3.05, 3.63) is 57.1 Å². The Bertz CT molecular complexity index is 866. The van der Waals surface area contributed by atoms with Crippen LogP contribution in [0.5, 0.6) is 5.88 Å². The highest BCUT2D eigenvalue weighted by molar-refractivity contribution is 6.21. The van der Waals surface area contributed by atoms with Gasteiger partial charge in [0.2, 0.25) is 5.88 Å². The number of aromatic amines is 1. The van der Waals surface area contributed by atoms with Crippen molar-refractivity contribution in [2.45, 2.75) is 26.8 Å². The first-order valence-corrected chi connectivity index (χ1v) is 8.03. The summed E-state index contributed by atoms with van der Waals surface area (Å²) in [6.07, 6.45) is 0.513. The fourth-order valence-corrected chi connectivity index (χ4v) is 2.85. The highest BCUT2D eigenvalue weighted by Gasteiger charge is 2.36. The Hall–Kier alpha value is -2.96. The van der Waals surface area contributed by atoms with Gasteiger partial charge in [0.25, 0.3) is 17.4 Å². The smallest absolute Gasteiger partial charge is 0.270 e.